The van der Waals surface area contributed by atoms with Gasteiger partial charge in [-0.1, -0.05) is 32.9 Å². The van der Waals surface area contributed by atoms with E-state index in [1.54, 1.807) is 0 Å². The third-order valence-electron chi connectivity index (χ3n) is 4.00. The summed E-state index contributed by atoms with van der Waals surface area (Å²) in [6.07, 6.45) is 3.76. The molecule has 1 saturated carbocycles. The zero-order chi connectivity index (χ0) is 12.6. The molecule has 94 valence electrons. The van der Waals surface area contributed by atoms with E-state index in [0.29, 0.717) is 11.3 Å². The number of para-hydroxylation sites is 1. The molecule has 0 unspecified atom stereocenters. The summed E-state index contributed by atoms with van der Waals surface area (Å²) in [5.74, 6) is 1.34. The minimum absolute atomic E-state index is 0.416. The lowest BCUT2D eigenvalue weighted by atomic mass is 9.66. The van der Waals surface area contributed by atoms with Gasteiger partial charge >= 0.3 is 0 Å². The van der Waals surface area contributed by atoms with Gasteiger partial charge in [-0.15, -0.1) is 0 Å². The molecule has 1 aliphatic carbocycles. The molecule has 2 heteroatoms. The fourth-order valence-corrected chi connectivity index (χ4v) is 3.54. The zero-order valence-electron chi connectivity index (χ0n) is 11.2. The molecule has 0 saturated heterocycles. The van der Waals surface area contributed by atoms with Crippen LogP contribution in [0.2, 0.25) is 0 Å². The predicted octanol–water partition coefficient (Wildman–Crippen LogP) is 3.78. The Labute approximate surface area is 104 Å². The summed E-state index contributed by atoms with van der Waals surface area (Å²) >= 11 is 0. The summed E-state index contributed by atoms with van der Waals surface area (Å²) in [6.45, 7) is 7.06. The largest absolute Gasteiger partial charge is 0.397 e. The van der Waals surface area contributed by atoms with Crippen LogP contribution in [0.5, 0.6) is 0 Å². The first-order valence-electron chi connectivity index (χ1n) is 6.53. The molecule has 0 aromatic heterocycles. The van der Waals surface area contributed by atoms with Crippen molar-refractivity contribution in [2.45, 2.75) is 46.0 Å². The Kier molecular flexibility index (Phi) is 3.07. The first-order valence-corrected chi connectivity index (χ1v) is 6.53. The molecule has 0 aliphatic heterocycles. The Morgan fingerprint density at radius 2 is 1.88 bits per heavy atom. The summed E-state index contributed by atoms with van der Waals surface area (Å²) in [5.41, 5.74) is 15.2. The molecular weight excluding hydrogens is 208 g/mol. The van der Waals surface area contributed by atoms with Crippen molar-refractivity contribution in [3.63, 3.8) is 0 Å². The maximum Gasteiger partial charge on any atom is 0.0583 e. The summed E-state index contributed by atoms with van der Waals surface area (Å²) in [5, 5.41) is 0. The van der Waals surface area contributed by atoms with Crippen molar-refractivity contribution in [3.8, 4) is 0 Å². The van der Waals surface area contributed by atoms with Gasteiger partial charge in [0.15, 0.2) is 0 Å². The highest BCUT2D eigenvalue weighted by Crippen LogP contribution is 2.47. The summed E-state index contributed by atoms with van der Waals surface area (Å²) in [4.78, 5) is 0. The van der Waals surface area contributed by atoms with Crippen LogP contribution >= 0.6 is 0 Å². The van der Waals surface area contributed by atoms with Crippen LogP contribution in [-0.2, 0) is 0 Å². The van der Waals surface area contributed by atoms with E-state index >= 15 is 0 Å². The van der Waals surface area contributed by atoms with Gasteiger partial charge in [0.05, 0.1) is 11.4 Å². The first kappa shape index (κ1) is 12.3. The van der Waals surface area contributed by atoms with Crippen LogP contribution in [0.3, 0.4) is 0 Å². The van der Waals surface area contributed by atoms with Crippen molar-refractivity contribution in [2.24, 2.45) is 11.3 Å². The van der Waals surface area contributed by atoms with E-state index in [-0.39, 0.29) is 0 Å². The van der Waals surface area contributed by atoms with Crippen LogP contribution < -0.4 is 11.5 Å². The second-order valence-corrected chi connectivity index (χ2v) is 6.46. The molecule has 2 atom stereocenters. The molecule has 1 aromatic rings. The molecule has 1 fully saturated rings. The van der Waals surface area contributed by atoms with E-state index in [4.69, 9.17) is 11.5 Å². The van der Waals surface area contributed by atoms with Crippen LogP contribution in [0, 0.1) is 11.3 Å². The maximum atomic E-state index is 6.12. The molecule has 1 aromatic carbocycles. The Morgan fingerprint density at radius 3 is 2.53 bits per heavy atom. The van der Waals surface area contributed by atoms with Gasteiger partial charge in [0.1, 0.15) is 0 Å². The second-order valence-electron chi connectivity index (χ2n) is 6.46. The number of benzene rings is 1. The molecule has 4 N–H and O–H groups in total. The van der Waals surface area contributed by atoms with Crippen molar-refractivity contribution in [1.82, 2.24) is 0 Å². The Morgan fingerprint density at radius 1 is 1.18 bits per heavy atom. The molecule has 0 spiro atoms. The highest BCUT2D eigenvalue weighted by atomic mass is 14.7. The van der Waals surface area contributed by atoms with Crippen molar-refractivity contribution < 1.29 is 0 Å². The highest BCUT2D eigenvalue weighted by Gasteiger charge is 2.33. The molecule has 0 bridgehead atoms. The quantitative estimate of drug-likeness (QED) is 0.724. The zero-order valence-corrected chi connectivity index (χ0v) is 11.2. The predicted molar refractivity (Wildman–Crippen MR) is 74.8 cm³/mol. The normalized spacial score (nSPS) is 27.9. The minimum atomic E-state index is 0.416. The third-order valence-corrected chi connectivity index (χ3v) is 4.00. The van der Waals surface area contributed by atoms with Crippen LogP contribution in [0.25, 0.3) is 0 Å². The van der Waals surface area contributed by atoms with Crippen LogP contribution in [0.4, 0.5) is 11.4 Å². The molecular formula is C15H24N2. The lowest BCUT2D eigenvalue weighted by Gasteiger charge is -2.39. The number of anilines is 2. The SMILES string of the molecule is C[C@H]1C[C@@H](c2cccc(N)c2N)CC(C)(C)C1. The van der Waals surface area contributed by atoms with Gasteiger partial charge < -0.3 is 11.5 Å². The maximum absolute atomic E-state index is 6.12. The van der Waals surface area contributed by atoms with E-state index in [2.05, 4.69) is 26.8 Å². The molecule has 1 aliphatic rings. The Bertz CT molecular complexity index is 409. The van der Waals surface area contributed by atoms with Gasteiger partial charge in [-0.05, 0) is 48.1 Å². The fourth-order valence-electron chi connectivity index (χ4n) is 3.54. The summed E-state index contributed by atoms with van der Waals surface area (Å²) < 4.78 is 0. The van der Waals surface area contributed by atoms with Crippen molar-refractivity contribution in [1.29, 1.82) is 0 Å². The molecule has 2 rings (SSSR count). The summed E-state index contributed by atoms with van der Waals surface area (Å²) in [7, 11) is 0. The highest BCUT2D eigenvalue weighted by molar-refractivity contribution is 5.68. The third kappa shape index (κ3) is 2.56. The number of hydrogen-bond acceptors (Lipinski definition) is 2. The number of nitrogens with two attached hydrogens (primary N) is 2. The van der Waals surface area contributed by atoms with Crippen LogP contribution in [0.1, 0.15) is 51.5 Å². The fraction of sp³-hybridized carbons (Fsp3) is 0.600. The lowest BCUT2D eigenvalue weighted by Crippen LogP contribution is -2.27. The number of rotatable bonds is 1. The second kappa shape index (κ2) is 4.25. The lowest BCUT2D eigenvalue weighted by molar-refractivity contribution is 0.169. The van der Waals surface area contributed by atoms with Gasteiger partial charge in [0.2, 0.25) is 0 Å². The van der Waals surface area contributed by atoms with Gasteiger partial charge in [-0.25, -0.2) is 0 Å². The van der Waals surface area contributed by atoms with Crippen molar-refractivity contribution >= 4 is 11.4 Å². The average molecular weight is 232 g/mol. The molecule has 0 radical (unpaired) electrons. The molecule has 17 heavy (non-hydrogen) atoms. The average Bonchev–Trinajstić information content (AvgIpc) is 2.19. The Hall–Kier alpha value is -1.18. The van der Waals surface area contributed by atoms with E-state index in [1.807, 2.05) is 12.1 Å². The van der Waals surface area contributed by atoms with Crippen LogP contribution in [-0.4, -0.2) is 0 Å². The van der Waals surface area contributed by atoms with Gasteiger partial charge in [0, 0.05) is 0 Å². The van der Waals surface area contributed by atoms with E-state index in [0.717, 1.165) is 17.3 Å². The Balaban J connectivity index is 2.30. The van der Waals surface area contributed by atoms with Crippen molar-refractivity contribution in [3.05, 3.63) is 23.8 Å². The molecule has 0 amide bonds. The topological polar surface area (TPSA) is 52.0 Å². The van der Waals surface area contributed by atoms with Gasteiger partial charge in [-0.2, -0.15) is 0 Å². The molecule has 2 nitrogen and oxygen atoms in total. The van der Waals surface area contributed by atoms with E-state index in [1.165, 1.54) is 24.8 Å². The molecule has 0 heterocycles. The smallest absolute Gasteiger partial charge is 0.0583 e. The van der Waals surface area contributed by atoms with E-state index < -0.39 is 0 Å². The van der Waals surface area contributed by atoms with Gasteiger partial charge in [-0.3, -0.25) is 0 Å². The summed E-state index contributed by atoms with van der Waals surface area (Å²) in [6, 6.07) is 6.05. The van der Waals surface area contributed by atoms with Crippen molar-refractivity contribution in [2.75, 3.05) is 11.5 Å². The number of nitrogen functional groups attached to an aromatic ring is 2. The number of hydrogen-bond donors (Lipinski definition) is 2. The minimum Gasteiger partial charge on any atom is -0.397 e. The van der Waals surface area contributed by atoms with E-state index in [9.17, 15) is 0 Å². The van der Waals surface area contributed by atoms with Gasteiger partial charge in [0.25, 0.3) is 0 Å². The van der Waals surface area contributed by atoms with Crippen LogP contribution in [0.15, 0.2) is 18.2 Å². The first-order chi connectivity index (χ1) is 7.89. The monoisotopic (exact) mass is 232 g/mol. The standard InChI is InChI=1S/C15H24N2/c1-10-7-11(9-15(2,3)8-10)12-5-4-6-13(16)14(12)17/h4-6,10-11H,7-9,16-17H2,1-3H3/t10-,11+/m0/s1.